The lowest BCUT2D eigenvalue weighted by Gasteiger charge is -2.37. The summed E-state index contributed by atoms with van der Waals surface area (Å²) in [7, 11) is 3.26. The van der Waals surface area contributed by atoms with Crippen LogP contribution in [0.25, 0.3) is 0 Å². The van der Waals surface area contributed by atoms with Gasteiger partial charge in [-0.15, -0.1) is 0 Å². The molecule has 0 bridgehead atoms. The molecule has 0 saturated carbocycles. The summed E-state index contributed by atoms with van der Waals surface area (Å²) in [4.78, 5) is 12.0. The molecular weight excluding hydrogens is 472 g/mol. The molecular formula is C30H34O7. The molecule has 0 aliphatic carbocycles. The van der Waals surface area contributed by atoms with Crippen molar-refractivity contribution in [2.75, 3.05) is 27.4 Å². The van der Waals surface area contributed by atoms with E-state index in [4.69, 9.17) is 23.7 Å². The van der Waals surface area contributed by atoms with E-state index in [1.165, 1.54) is 0 Å². The molecule has 1 aliphatic heterocycles. The molecule has 0 aromatic heterocycles. The van der Waals surface area contributed by atoms with E-state index < -0.39 is 23.9 Å². The highest BCUT2D eigenvalue weighted by Gasteiger charge is 2.42. The molecule has 0 unspecified atom stereocenters. The predicted molar refractivity (Wildman–Crippen MR) is 139 cm³/mol. The van der Waals surface area contributed by atoms with Crippen LogP contribution in [0.1, 0.15) is 36.5 Å². The van der Waals surface area contributed by atoms with E-state index in [9.17, 15) is 9.90 Å². The zero-order chi connectivity index (χ0) is 26.3. The molecule has 7 nitrogen and oxygen atoms in total. The molecule has 3 aromatic carbocycles. The van der Waals surface area contributed by atoms with Crippen molar-refractivity contribution >= 4 is 5.97 Å². The van der Waals surface area contributed by atoms with Crippen LogP contribution in [0.4, 0.5) is 0 Å². The van der Waals surface area contributed by atoms with Crippen molar-refractivity contribution in [3.63, 3.8) is 0 Å². The van der Waals surface area contributed by atoms with Crippen LogP contribution < -0.4 is 9.47 Å². The Morgan fingerprint density at radius 3 is 1.95 bits per heavy atom. The topological polar surface area (TPSA) is 83.5 Å². The van der Waals surface area contributed by atoms with Gasteiger partial charge in [-0.25, -0.2) is 0 Å². The molecule has 0 radical (unpaired) electrons. The second-order valence-corrected chi connectivity index (χ2v) is 8.92. The summed E-state index contributed by atoms with van der Waals surface area (Å²) in [5, 5.41) is 10.8. The third-order valence-electron chi connectivity index (χ3n) is 6.64. The monoisotopic (exact) mass is 506 g/mol. The minimum atomic E-state index is -1.01. The Bertz CT molecular complexity index is 1080. The molecule has 3 aromatic rings. The minimum absolute atomic E-state index is 0.0994. The average Bonchev–Trinajstić information content (AvgIpc) is 3.28. The fraction of sp³-hybridized carbons (Fsp3) is 0.367. The van der Waals surface area contributed by atoms with Crippen molar-refractivity contribution in [2.24, 2.45) is 0 Å². The van der Waals surface area contributed by atoms with Gasteiger partial charge in [-0.3, -0.25) is 4.79 Å². The third kappa shape index (κ3) is 5.96. The first-order valence-corrected chi connectivity index (χ1v) is 12.5. The predicted octanol–water partition coefficient (Wildman–Crippen LogP) is 4.48. The van der Waals surface area contributed by atoms with Gasteiger partial charge in [0, 0.05) is 6.42 Å². The Morgan fingerprint density at radius 2 is 1.43 bits per heavy atom. The molecule has 3 atom stereocenters. The maximum atomic E-state index is 12.0. The van der Waals surface area contributed by atoms with Crippen LogP contribution >= 0.6 is 0 Å². The van der Waals surface area contributed by atoms with Gasteiger partial charge in [0.05, 0.1) is 46.1 Å². The average molecular weight is 507 g/mol. The van der Waals surface area contributed by atoms with Gasteiger partial charge < -0.3 is 28.8 Å². The molecule has 1 saturated heterocycles. The van der Waals surface area contributed by atoms with Crippen LogP contribution in [0.15, 0.2) is 78.9 Å². The number of esters is 1. The number of carbonyl (C=O) groups is 1. The lowest BCUT2D eigenvalue weighted by atomic mass is 9.80. The van der Waals surface area contributed by atoms with Crippen LogP contribution in [-0.2, 0) is 24.6 Å². The number of hydrogen-bond acceptors (Lipinski definition) is 7. The van der Waals surface area contributed by atoms with Crippen molar-refractivity contribution in [1.29, 1.82) is 0 Å². The maximum absolute atomic E-state index is 12.0. The summed E-state index contributed by atoms with van der Waals surface area (Å²) in [6, 6.07) is 25.4. The number of benzene rings is 3. The lowest BCUT2D eigenvalue weighted by Crippen LogP contribution is -2.38. The largest absolute Gasteiger partial charge is 0.497 e. The summed E-state index contributed by atoms with van der Waals surface area (Å²) in [5.74, 6) is 1.13. The molecule has 1 N–H and O–H groups in total. The Morgan fingerprint density at radius 1 is 0.892 bits per heavy atom. The number of aliphatic hydroxyl groups is 1. The van der Waals surface area contributed by atoms with Crippen LogP contribution in [-0.4, -0.2) is 56.8 Å². The highest BCUT2D eigenvalue weighted by molar-refractivity contribution is 5.70. The number of methoxy groups -OCH3 is 2. The van der Waals surface area contributed by atoms with Gasteiger partial charge in [0.15, 0.2) is 0 Å². The Kier molecular flexibility index (Phi) is 8.82. The number of aliphatic hydroxyl groups excluding tert-OH is 1. The molecule has 7 heteroatoms. The number of hydrogen-bond donors (Lipinski definition) is 1. The van der Waals surface area contributed by atoms with Gasteiger partial charge in [-0.1, -0.05) is 54.6 Å². The first-order chi connectivity index (χ1) is 18.0. The van der Waals surface area contributed by atoms with E-state index in [1.54, 1.807) is 21.1 Å². The van der Waals surface area contributed by atoms with Gasteiger partial charge in [-0.2, -0.15) is 0 Å². The standard InChI is InChI=1S/C30H34O7/c1-4-35-29(32)19-26-18-27(31)28(37-26)20-36-30(21-8-6-5-7-9-21,22-10-14-24(33-2)15-11-22)23-12-16-25(34-3)17-13-23/h5-17,26-28,31H,4,18-20H2,1-3H3/t26-,27+,28-/m1/s1. The second kappa shape index (κ2) is 12.2. The van der Waals surface area contributed by atoms with Crippen LogP contribution in [0.3, 0.4) is 0 Å². The zero-order valence-electron chi connectivity index (χ0n) is 21.5. The fourth-order valence-corrected chi connectivity index (χ4v) is 4.78. The van der Waals surface area contributed by atoms with Crippen molar-refractivity contribution in [3.05, 3.63) is 95.6 Å². The van der Waals surface area contributed by atoms with Gasteiger partial charge in [0.25, 0.3) is 0 Å². The van der Waals surface area contributed by atoms with E-state index >= 15 is 0 Å². The van der Waals surface area contributed by atoms with Gasteiger partial charge in [0.2, 0.25) is 0 Å². The summed E-state index contributed by atoms with van der Waals surface area (Å²) < 4.78 is 28.7. The van der Waals surface area contributed by atoms with Crippen molar-refractivity contribution < 1.29 is 33.6 Å². The highest BCUT2D eigenvalue weighted by atomic mass is 16.6. The summed E-state index contributed by atoms with van der Waals surface area (Å²) in [5.41, 5.74) is 1.68. The second-order valence-electron chi connectivity index (χ2n) is 8.92. The van der Waals surface area contributed by atoms with Gasteiger partial charge in [-0.05, 0) is 47.9 Å². The van der Waals surface area contributed by atoms with Crippen molar-refractivity contribution in [1.82, 2.24) is 0 Å². The summed E-state index contributed by atoms with van der Waals surface area (Å²) >= 11 is 0. The maximum Gasteiger partial charge on any atom is 0.308 e. The normalized spacial score (nSPS) is 19.4. The first kappa shape index (κ1) is 26.7. The lowest BCUT2D eigenvalue weighted by molar-refractivity contribution is -0.147. The van der Waals surface area contributed by atoms with Crippen LogP contribution in [0.2, 0.25) is 0 Å². The Balaban J connectivity index is 1.71. The Hall–Kier alpha value is -3.39. The quantitative estimate of drug-likeness (QED) is 0.303. The summed E-state index contributed by atoms with van der Waals surface area (Å²) in [6.45, 7) is 2.18. The molecule has 0 spiro atoms. The summed E-state index contributed by atoms with van der Waals surface area (Å²) in [6.07, 6.45) is -1.34. The zero-order valence-corrected chi connectivity index (χ0v) is 21.5. The molecule has 1 aliphatic rings. The van der Waals surface area contributed by atoms with Gasteiger partial charge >= 0.3 is 5.97 Å². The number of ether oxygens (including phenoxy) is 5. The third-order valence-corrected chi connectivity index (χ3v) is 6.64. The van der Waals surface area contributed by atoms with Crippen molar-refractivity contribution in [2.45, 2.75) is 43.7 Å². The molecule has 0 amide bonds. The minimum Gasteiger partial charge on any atom is -0.497 e. The highest BCUT2D eigenvalue weighted by Crippen LogP contribution is 2.42. The molecule has 4 rings (SSSR count). The smallest absolute Gasteiger partial charge is 0.308 e. The molecule has 1 heterocycles. The number of rotatable bonds is 11. The van der Waals surface area contributed by atoms with E-state index in [0.717, 1.165) is 28.2 Å². The van der Waals surface area contributed by atoms with Crippen LogP contribution in [0.5, 0.6) is 11.5 Å². The van der Waals surface area contributed by atoms with E-state index in [0.29, 0.717) is 13.0 Å². The Labute approximate surface area is 217 Å². The molecule has 37 heavy (non-hydrogen) atoms. The molecule has 196 valence electrons. The van der Waals surface area contributed by atoms with Gasteiger partial charge in [0.1, 0.15) is 23.2 Å². The van der Waals surface area contributed by atoms with E-state index in [-0.39, 0.29) is 19.0 Å². The van der Waals surface area contributed by atoms with Crippen LogP contribution in [0, 0.1) is 0 Å². The first-order valence-electron chi connectivity index (χ1n) is 12.5. The molecule has 1 fully saturated rings. The SMILES string of the molecule is CCOC(=O)C[C@H]1C[C@H](O)[C@@H](COC(c2ccccc2)(c2ccc(OC)cc2)c2ccc(OC)cc2)O1. The van der Waals surface area contributed by atoms with E-state index in [1.807, 2.05) is 78.9 Å². The number of carbonyl (C=O) groups excluding carboxylic acids is 1. The van der Waals surface area contributed by atoms with E-state index in [2.05, 4.69) is 0 Å². The fourth-order valence-electron chi connectivity index (χ4n) is 4.78. The van der Waals surface area contributed by atoms with Crippen molar-refractivity contribution in [3.8, 4) is 11.5 Å².